The van der Waals surface area contributed by atoms with E-state index in [-0.39, 0.29) is 5.88 Å². The largest absolute Gasteiger partial charge is 0.493 e. The molecule has 3 N–H and O–H groups in total. The summed E-state index contributed by atoms with van der Waals surface area (Å²) in [5.41, 5.74) is 2.56. The standard InChI is InChI=1S/C11H12N2O/c1-8-7-12-10(11(14)13-8)9-5-3-2-4-6-9/h2-7,12-14H,1H3. The Labute approximate surface area is 82.8 Å². The molecule has 1 aliphatic rings. The van der Waals surface area contributed by atoms with Gasteiger partial charge in [0.05, 0.1) is 0 Å². The average molecular weight is 188 g/mol. The van der Waals surface area contributed by atoms with Crippen molar-refractivity contribution >= 4 is 5.70 Å². The van der Waals surface area contributed by atoms with Gasteiger partial charge in [-0.25, -0.2) is 0 Å². The molecule has 0 aromatic heterocycles. The first-order valence-corrected chi connectivity index (χ1v) is 4.46. The quantitative estimate of drug-likeness (QED) is 0.631. The van der Waals surface area contributed by atoms with E-state index in [1.807, 2.05) is 43.5 Å². The predicted octanol–water partition coefficient (Wildman–Crippen LogP) is 1.92. The summed E-state index contributed by atoms with van der Waals surface area (Å²) < 4.78 is 0. The van der Waals surface area contributed by atoms with Crippen molar-refractivity contribution in [2.45, 2.75) is 6.92 Å². The topological polar surface area (TPSA) is 44.3 Å². The van der Waals surface area contributed by atoms with Crippen LogP contribution in [-0.4, -0.2) is 5.11 Å². The van der Waals surface area contributed by atoms with Crippen molar-refractivity contribution in [3.05, 3.63) is 53.7 Å². The second kappa shape index (κ2) is 3.46. The van der Waals surface area contributed by atoms with Gasteiger partial charge in [0, 0.05) is 17.5 Å². The predicted molar refractivity (Wildman–Crippen MR) is 56.0 cm³/mol. The Balaban J connectivity index is 2.33. The molecule has 72 valence electrons. The molecule has 0 amide bonds. The summed E-state index contributed by atoms with van der Waals surface area (Å²) in [6, 6.07) is 9.69. The minimum atomic E-state index is 0.163. The van der Waals surface area contributed by atoms with Crippen LogP contribution < -0.4 is 10.6 Å². The number of aliphatic hydroxyl groups excluding tert-OH is 1. The molecule has 1 heterocycles. The molecule has 0 aliphatic carbocycles. The van der Waals surface area contributed by atoms with E-state index in [1.165, 1.54) is 0 Å². The van der Waals surface area contributed by atoms with Gasteiger partial charge in [0.1, 0.15) is 5.70 Å². The Bertz CT molecular complexity index is 393. The smallest absolute Gasteiger partial charge is 0.213 e. The monoisotopic (exact) mass is 188 g/mol. The first-order chi connectivity index (χ1) is 6.77. The molecule has 3 nitrogen and oxygen atoms in total. The Hall–Kier alpha value is -1.90. The minimum Gasteiger partial charge on any atom is -0.493 e. The van der Waals surface area contributed by atoms with Crippen molar-refractivity contribution in [1.82, 2.24) is 10.6 Å². The molecular formula is C11H12N2O. The Morgan fingerprint density at radius 1 is 1.14 bits per heavy atom. The molecule has 0 saturated heterocycles. The lowest BCUT2D eigenvalue weighted by atomic mass is 10.1. The zero-order valence-electron chi connectivity index (χ0n) is 7.91. The summed E-state index contributed by atoms with van der Waals surface area (Å²) in [5.74, 6) is 0.163. The lowest BCUT2D eigenvalue weighted by Crippen LogP contribution is -2.24. The summed E-state index contributed by atoms with van der Waals surface area (Å²) in [6.45, 7) is 1.88. The maximum Gasteiger partial charge on any atom is 0.213 e. The van der Waals surface area contributed by atoms with Crippen LogP contribution in [0.4, 0.5) is 0 Å². The number of benzene rings is 1. The van der Waals surface area contributed by atoms with Gasteiger partial charge in [-0.15, -0.1) is 0 Å². The van der Waals surface area contributed by atoms with Gasteiger partial charge in [-0.2, -0.15) is 0 Å². The second-order valence-electron chi connectivity index (χ2n) is 3.19. The van der Waals surface area contributed by atoms with Crippen molar-refractivity contribution in [3.63, 3.8) is 0 Å². The third-order valence-corrected chi connectivity index (χ3v) is 2.05. The van der Waals surface area contributed by atoms with E-state index in [4.69, 9.17) is 0 Å². The lowest BCUT2D eigenvalue weighted by molar-refractivity contribution is 0.375. The maximum absolute atomic E-state index is 9.66. The van der Waals surface area contributed by atoms with Crippen LogP contribution in [0.2, 0.25) is 0 Å². The van der Waals surface area contributed by atoms with Gasteiger partial charge in [-0.05, 0) is 6.92 Å². The molecule has 0 fully saturated rings. The fraction of sp³-hybridized carbons (Fsp3) is 0.0909. The van der Waals surface area contributed by atoms with Gasteiger partial charge in [-0.1, -0.05) is 30.3 Å². The molecule has 0 bridgehead atoms. The summed E-state index contributed by atoms with van der Waals surface area (Å²) in [6.07, 6.45) is 1.82. The van der Waals surface area contributed by atoms with E-state index in [0.717, 1.165) is 11.3 Å². The number of allylic oxidation sites excluding steroid dienone is 1. The lowest BCUT2D eigenvalue weighted by Gasteiger charge is -2.18. The number of rotatable bonds is 1. The summed E-state index contributed by atoms with van der Waals surface area (Å²) in [7, 11) is 0. The highest BCUT2D eigenvalue weighted by Gasteiger charge is 2.11. The molecule has 1 aromatic rings. The van der Waals surface area contributed by atoms with Gasteiger partial charge in [0.15, 0.2) is 0 Å². The molecule has 0 unspecified atom stereocenters. The molecule has 0 radical (unpaired) electrons. The highest BCUT2D eigenvalue weighted by molar-refractivity contribution is 5.67. The van der Waals surface area contributed by atoms with Crippen LogP contribution >= 0.6 is 0 Å². The molecular weight excluding hydrogens is 176 g/mol. The average Bonchev–Trinajstić information content (AvgIpc) is 2.19. The first kappa shape index (κ1) is 8.69. The van der Waals surface area contributed by atoms with E-state index >= 15 is 0 Å². The maximum atomic E-state index is 9.66. The van der Waals surface area contributed by atoms with Crippen LogP contribution in [-0.2, 0) is 0 Å². The molecule has 3 heteroatoms. The zero-order chi connectivity index (χ0) is 9.97. The summed E-state index contributed by atoms with van der Waals surface area (Å²) in [4.78, 5) is 0. The highest BCUT2D eigenvalue weighted by atomic mass is 16.3. The van der Waals surface area contributed by atoms with Crippen molar-refractivity contribution < 1.29 is 5.11 Å². The Morgan fingerprint density at radius 2 is 1.86 bits per heavy atom. The van der Waals surface area contributed by atoms with Gasteiger partial charge in [0.2, 0.25) is 5.88 Å². The summed E-state index contributed by atoms with van der Waals surface area (Å²) in [5, 5.41) is 15.6. The van der Waals surface area contributed by atoms with Crippen molar-refractivity contribution in [2.24, 2.45) is 0 Å². The third kappa shape index (κ3) is 1.57. The third-order valence-electron chi connectivity index (χ3n) is 2.05. The normalized spacial score (nSPS) is 15.6. The van der Waals surface area contributed by atoms with Crippen LogP contribution in [0.1, 0.15) is 12.5 Å². The van der Waals surface area contributed by atoms with Crippen LogP contribution in [0.25, 0.3) is 5.70 Å². The number of hydrogen-bond acceptors (Lipinski definition) is 3. The molecule has 0 saturated carbocycles. The van der Waals surface area contributed by atoms with Gasteiger partial charge >= 0.3 is 0 Å². The van der Waals surface area contributed by atoms with Crippen LogP contribution in [0, 0.1) is 0 Å². The minimum absolute atomic E-state index is 0.163. The fourth-order valence-corrected chi connectivity index (χ4v) is 1.36. The van der Waals surface area contributed by atoms with Crippen LogP contribution in [0.15, 0.2) is 48.1 Å². The van der Waals surface area contributed by atoms with E-state index in [9.17, 15) is 5.11 Å². The molecule has 0 spiro atoms. The summed E-state index contributed by atoms with van der Waals surface area (Å²) >= 11 is 0. The van der Waals surface area contributed by atoms with Crippen LogP contribution in [0.3, 0.4) is 0 Å². The van der Waals surface area contributed by atoms with Crippen molar-refractivity contribution in [1.29, 1.82) is 0 Å². The first-order valence-electron chi connectivity index (χ1n) is 4.46. The number of nitrogens with one attached hydrogen (secondary N) is 2. The highest BCUT2D eigenvalue weighted by Crippen LogP contribution is 2.16. The molecule has 1 aromatic carbocycles. The van der Waals surface area contributed by atoms with E-state index in [2.05, 4.69) is 10.6 Å². The Morgan fingerprint density at radius 3 is 2.50 bits per heavy atom. The van der Waals surface area contributed by atoms with Gasteiger partial charge < -0.3 is 15.7 Å². The van der Waals surface area contributed by atoms with Gasteiger partial charge in [0.25, 0.3) is 0 Å². The van der Waals surface area contributed by atoms with Gasteiger partial charge in [-0.3, -0.25) is 0 Å². The molecule has 1 aliphatic heterocycles. The SMILES string of the molecule is CC1=CNC(c2ccccc2)=C(O)N1. The second-order valence-corrected chi connectivity index (χ2v) is 3.19. The molecule has 14 heavy (non-hydrogen) atoms. The van der Waals surface area contributed by atoms with E-state index in [0.29, 0.717) is 5.70 Å². The van der Waals surface area contributed by atoms with E-state index < -0.39 is 0 Å². The zero-order valence-corrected chi connectivity index (χ0v) is 7.91. The Kier molecular flexibility index (Phi) is 2.14. The van der Waals surface area contributed by atoms with Crippen LogP contribution in [0.5, 0.6) is 0 Å². The van der Waals surface area contributed by atoms with Crippen molar-refractivity contribution in [2.75, 3.05) is 0 Å². The van der Waals surface area contributed by atoms with E-state index in [1.54, 1.807) is 0 Å². The van der Waals surface area contributed by atoms with Crippen molar-refractivity contribution in [3.8, 4) is 0 Å². The number of hydrogen-bond donors (Lipinski definition) is 3. The molecule has 0 atom stereocenters. The number of aliphatic hydroxyl groups is 1. The molecule has 2 rings (SSSR count). The fourth-order valence-electron chi connectivity index (χ4n) is 1.36.